The Morgan fingerprint density at radius 1 is 1.50 bits per heavy atom. The number of alkyl halides is 1. The zero-order valence-corrected chi connectivity index (χ0v) is 6.63. The van der Waals surface area contributed by atoms with Crippen LogP contribution in [-0.4, -0.2) is 15.9 Å². The number of unbranched alkanes of at least 4 members (excludes halogenated alkanes) is 1. The maximum absolute atomic E-state index is 9.68. The maximum atomic E-state index is 9.68. The van der Waals surface area contributed by atoms with Crippen molar-refractivity contribution >= 4 is 22.6 Å². The summed E-state index contributed by atoms with van der Waals surface area (Å²) in [5.74, 6) is 0. The van der Waals surface area contributed by atoms with E-state index in [1.165, 1.54) is 0 Å². The largest absolute Gasteiger partial charge is 0.265 e. The molecule has 0 aliphatic carbocycles. The van der Waals surface area contributed by atoms with Gasteiger partial charge in [-0.2, -0.15) is 0 Å². The smallest absolute Gasteiger partial charge is 0.203 e. The van der Waals surface area contributed by atoms with E-state index in [4.69, 9.17) is 0 Å². The number of nitro groups is 1. The zero-order chi connectivity index (χ0) is 6.41. The van der Waals surface area contributed by atoms with Crippen molar-refractivity contribution in [3.05, 3.63) is 10.1 Å². The third-order valence-electron chi connectivity index (χ3n) is 0.724. The molecule has 0 bridgehead atoms. The molecule has 0 saturated heterocycles. The van der Waals surface area contributed by atoms with Crippen LogP contribution in [0.4, 0.5) is 0 Å². The number of hydrogen-bond donors (Lipinski definition) is 0. The summed E-state index contributed by atoms with van der Waals surface area (Å²) in [4.78, 5) is 9.41. The van der Waals surface area contributed by atoms with Gasteiger partial charge in [0.15, 0.2) is 0 Å². The molecule has 0 heterocycles. The first kappa shape index (κ1) is 8.13. The molecule has 0 amide bonds. The van der Waals surface area contributed by atoms with Crippen LogP contribution < -0.4 is 0 Å². The summed E-state index contributed by atoms with van der Waals surface area (Å²) in [6.07, 6.45) is 1.68. The first-order valence-electron chi connectivity index (χ1n) is 2.45. The summed E-state index contributed by atoms with van der Waals surface area (Å²) in [5, 5.41) is 9.68. The third-order valence-corrected chi connectivity index (χ3v) is 1.49. The predicted octanol–water partition coefficient (Wildman–Crippen LogP) is 1.48. The first-order valence-corrected chi connectivity index (χ1v) is 3.97. The van der Waals surface area contributed by atoms with Crippen molar-refractivity contribution in [1.29, 1.82) is 0 Å². The quantitative estimate of drug-likeness (QED) is 0.241. The average molecular weight is 229 g/mol. The molecule has 0 radical (unpaired) electrons. The molecule has 0 aliphatic rings. The highest BCUT2D eigenvalue weighted by molar-refractivity contribution is 14.1. The number of nitrogens with zero attached hydrogens (tertiary/aromatic N) is 1. The molecule has 0 aliphatic heterocycles. The van der Waals surface area contributed by atoms with Gasteiger partial charge in [0.25, 0.3) is 0 Å². The van der Waals surface area contributed by atoms with Crippen LogP contribution in [0.2, 0.25) is 0 Å². The molecular formula is C4H8INO2. The van der Waals surface area contributed by atoms with Crippen molar-refractivity contribution in [2.45, 2.75) is 12.8 Å². The van der Waals surface area contributed by atoms with E-state index in [1.54, 1.807) is 0 Å². The van der Waals surface area contributed by atoms with E-state index in [9.17, 15) is 10.1 Å². The number of halogens is 1. The molecule has 0 aromatic rings. The second kappa shape index (κ2) is 5.27. The van der Waals surface area contributed by atoms with Gasteiger partial charge in [-0.15, -0.1) is 0 Å². The molecule has 0 N–H and O–H groups in total. The van der Waals surface area contributed by atoms with Gasteiger partial charge in [-0.3, -0.25) is 10.1 Å². The second-order valence-electron chi connectivity index (χ2n) is 1.45. The Hall–Kier alpha value is 0.130. The molecular weight excluding hydrogens is 221 g/mol. The minimum atomic E-state index is -0.272. The molecule has 8 heavy (non-hydrogen) atoms. The fourth-order valence-electron chi connectivity index (χ4n) is 0.335. The maximum Gasteiger partial charge on any atom is 0.203 e. The number of rotatable bonds is 4. The summed E-state index contributed by atoms with van der Waals surface area (Å²) in [5.41, 5.74) is 0. The van der Waals surface area contributed by atoms with Crippen molar-refractivity contribution in [3.8, 4) is 0 Å². The van der Waals surface area contributed by atoms with Gasteiger partial charge in [-0.1, -0.05) is 22.6 Å². The molecule has 0 aromatic carbocycles. The summed E-state index contributed by atoms with van der Waals surface area (Å²) < 4.78 is 1.02. The van der Waals surface area contributed by atoms with E-state index in [-0.39, 0.29) is 11.5 Å². The van der Waals surface area contributed by atoms with Crippen LogP contribution >= 0.6 is 22.6 Å². The highest BCUT2D eigenvalue weighted by Crippen LogP contribution is 1.93. The van der Waals surface area contributed by atoms with E-state index in [0.29, 0.717) is 0 Å². The van der Waals surface area contributed by atoms with Crippen LogP contribution in [0.1, 0.15) is 12.8 Å². The minimum Gasteiger partial charge on any atom is -0.265 e. The average Bonchev–Trinajstić information content (AvgIpc) is 1.66. The van der Waals surface area contributed by atoms with E-state index in [0.717, 1.165) is 17.3 Å². The number of hydrogen-bond acceptors (Lipinski definition) is 2. The van der Waals surface area contributed by atoms with Gasteiger partial charge >= 0.3 is 0 Å². The van der Waals surface area contributed by atoms with Crippen LogP contribution in [-0.2, 0) is 0 Å². The van der Waals surface area contributed by atoms with Gasteiger partial charge in [0.05, 0.1) is 0 Å². The van der Waals surface area contributed by atoms with Crippen LogP contribution in [0.25, 0.3) is 0 Å². The highest BCUT2D eigenvalue weighted by Gasteiger charge is 1.93. The fourth-order valence-corrected chi connectivity index (χ4v) is 0.875. The normalized spacial score (nSPS) is 9.12. The lowest BCUT2D eigenvalue weighted by molar-refractivity contribution is -0.480. The van der Waals surface area contributed by atoms with Gasteiger partial charge in [-0.05, 0) is 10.8 Å². The van der Waals surface area contributed by atoms with E-state index in [1.807, 2.05) is 0 Å². The molecule has 0 unspecified atom stereocenters. The van der Waals surface area contributed by atoms with Gasteiger partial charge in [-0.25, -0.2) is 0 Å². The minimum absolute atomic E-state index is 0.128. The summed E-state index contributed by atoms with van der Waals surface area (Å²) in [6.45, 7) is 0.128. The molecule has 0 saturated carbocycles. The van der Waals surface area contributed by atoms with Crippen molar-refractivity contribution in [1.82, 2.24) is 0 Å². The molecule has 4 heteroatoms. The first-order chi connectivity index (χ1) is 3.77. The van der Waals surface area contributed by atoms with Crippen molar-refractivity contribution < 1.29 is 4.92 Å². The van der Waals surface area contributed by atoms with Crippen molar-refractivity contribution in [2.75, 3.05) is 11.0 Å². The van der Waals surface area contributed by atoms with E-state index < -0.39 is 0 Å². The lowest BCUT2D eigenvalue weighted by Gasteiger charge is -1.87. The molecule has 0 spiro atoms. The Labute approximate surface area is 61.7 Å². The molecule has 0 rings (SSSR count). The monoisotopic (exact) mass is 229 g/mol. The van der Waals surface area contributed by atoms with Crippen LogP contribution in [0.5, 0.6) is 0 Å². The topological polar surface area (TPSA) is 43.1 Å². The Balaban J connectivity index is 2.82. The van der Waals surface area contributed by atoms with Crippen LogP contribution in [0.15, 0.2) is 0 Å². The van der Waals surface area contributed by atoms with Gasteiger partial charge in [0, 0.05) is 11.3 Å². The Morgan fingerprint density at radius 2 is 2.12 bits per heavy atom. The fraction of sp³-hybridized carbons (Fsp3) is 1.00. The molecule has 48 valence electrons. The van der Waals surface area contributed by atoms with Crippen LogP contribution in [0.3, 0.4) is 0 Å². The van der Waals surface area contributed by atoms with Crippen molar-refractivity contribution in [2.24, 2.45) is 0 Å². The molecule has 0 fully saturated rings. The lowest BCUT2D eigenvalue weighted by Crippen LogP contribution is -1.99. The summed E-state index contributed by atoms with van der Waals surface area (Å²) >= 11 is 2.21. The SMILES string of the molecule is O=[N+]([O-])CCCCI. The highest BCUT2D eigenvalue weighted by atomic mass is 127. The summed E-state index contributed by atoms with van der Waals surface area (Å²) in [6, 6.07) is 0. The van der Waals surface area contributed by atoms with Gasteiger partial charge in [0.2, 0.25) is 6.54 Å². The van der Waals surface area contributed by atoms with Crippen molar-refractivity contribution in [3.63, 3.8) is 0 Å². The Kier molecular flexibility index (Phi) is 5.36. The van der Waals surface area contributed by atoms with Gasteiger partial charge < -0.3 is 0 Å². The van der Waals surface area contributed by atoms with E-state index in [2.05, 4.69) is 22.6 Å². The zero-order valence-electron chi connectivity index (χ0n) is 4.47. The predicted molar refractivity (Wildman–Crippen MR) is 40.0 cm³/mol. The van der Waals surface area contributed by atoms with Gasteiger partial charge in [0.1, 0.15) is 0 Å². The second-order valence-corrected chi connectivity index (χ2v) is 2.53. The Bertz CT molecular complexity index is 76.4. The van der Waals surface area contributed by atoms with E-state index >= 15 is 0 Å². The Morgan fingerprint density at radius 3 is 2.50 bits per heavy atom. The molecule has 3 nitrogen and oxygen atoms in total. The lowest BCUT2D eigenvalue weighted by atomic mass is 10.3. The molecule has 0 aromatic heterocycles. The summed E-state index contributed by atoms with van der Waals surface area (Å²) in [7, 11) is 0. The van der Waals surface area contributed by atoms with Crippen LogP contribution in [0, 0.1) is 10.1 Å². The molecule has 0 atom stereocenters. The third kappa shape index (κ3) is 6.13. The standard InChI is InChI=1S/C4H8INO2/c5-3-1-2-4-6(7)8/h1-4H2.